The number of rotatable bonds is 4. The monoisotopic (exact) mass is 267 g/mol. The molecule has 2 N–H and O–H groups in total. The fourth-order valence-corrected chi connectivity index (χ4v) is 1.72. The van der Waals surface area contributed by atoms with Crippen molar-refractivity contribution in [2.24, 2.45) is 5.73 Å². The predicted molar refractivity (Wildman–Crippen MR) is 65.2 cm³/mol. The zero-order valence-electron chi connectivity index (χ0n) is 9.95. The Hall–Kier alpha value is -2.01. The van der Waals surface area contributed by atoms with Gasteiger partial charge < -0.3 is 10.5 Å². The van der Waals surface area contributed by atoms with Crippen molar-refractivity contribution >= 4 is 0 Å². The SMILES string of the molecule is NCC(Oc1cc(F)cc(F)c1)c1cccc(F)c1. The van der Waals surface area contributed by atoms with Crippen LogP contribution >= 0.6 is 0 Å². The highest BCUT2D eigenvalue weighted by Crippen LogP contribution is 2.23. The van der Waals surface area contributed by atoms with E-state index in [0.717, 1.165) is 18.2 Å². The Labute approximate surface area is 108 Å². The molecule has 0 aromatic heterocycles. The molecule has 0 bridgehead atoms. The van der Waals surface area contributed by atoms with Crippen LogP contribution in [-0.4, -0.2) is 6.54 Å². The van der Waals surface area contributed by atoms with Gasteiger partial charge in [-0.1, -0.05) is 12.1 Å². The van der Waals surface area contributed by atoms with Gasteiger partial charge in [-0.3, -0.25) is 0 Å². The van der Waals surface area contributed by atoms with Crippen LogP contribution in [-0.2, 0) is 0 Å². The molecule has 2 rings (SSSR count). The van der Waals surface area contributed by atoms with E-state index in [1.54, 1.807) is 6.07 Å². The first-order valence-corrected chi connectivity index (χ1v) is 5.67. The molecule has 19 heavy (non-hydrogen) atoms. The molecule has 0 saturated heterocycles. The first-order chi connectivity index (χ1) is 9.08. The van der Waals surface area contributed by atoms with Crippen molar-refractivity contribution in [2.45, 2.75) is 6.10 Å². The summed E-state index contributed by atoms with van der Waals surface area (Å²) >= 11 is 0. The Morgan fingerprint density at radius 2 is 1.63 bits per heavy atom. The van der Waals surface area contributed by atoms with E-state index in [-0.39, 0.29) is 12.3 Å². The highest BCUT2D eigenvalue weighted by molar-refractivity contribution is 5.26. The second kappa shape index (κ2) is 5.75. The van der Waals surface area contributed by atoms with Gasteiger partial charge in [-0.25, -0.2) is 13.2 Å². The molecule has 5 heteroatoms. The minimum atomic E-state index is -0.745. The number of benzene rings is 2. The van der Waals surface area contributed by atoms with Crippen molar-refractivity contribution in [3.63, 3.8) is 0 Å². The van der Waals surface area contributed by atoms with E-state index in [2.05, 4.69) is 0 Å². The van der Waals surface area contributed by atoms with Gasteiger partial charge in [0, 0.05) is 24.7 Å². The summed E-state index contributed by atoms with van der Waals surface area (Å²) in [6.07, 6.45) is -0.670. The van der Waals surface area contributed by atoms with Gasteiger partial charge in [0.25, 0.3) is 0 Å². The van der Waals surface area contributed by atoms with Gasteiger partial charge in [-0.05, 0) is 17.7 Å². The van der Waals surface area contributed by atoms with Crippen molar-refractivity contribution in [1.29, 1.82) is 0 Å². The minimum absolute atomic E-state index is 0.0113. The van der Waals surface area contributed by atoms with E-state index >= 15 is 0 Å². The molecule has 0 spiro atoms. The maximum absolute atomic E-state index is 13.1. The molecule has 1 unspecified atom stereocenters. The lowest BCUT2D eigenvalue weighted by Crippen LogP contribution is -2.18. The lowest BCUT2D eigenvalue weighted by molar-refractivity contribution is 0.212. The molecular weight excluding hydrogens is 255 g/mol. The van der Waals surface area contributed by atoms with Crippen LogP contribution in [0.2, 0.25) is 0 Å². The summed E-state index contributed by atoms with van der Waals surface area (Å²) in [5, 5.41) is 0. The van der Waals surface area contributed by atoms with Gasteiger partial charge in [0.05, 0.1) is 0 Å². The third-order valence-corrected chi connectivity index (χ3v) is 2.55. The van der Waals surface area contributed by atoms with E-state index in [1.165, 1.54) is 18.2 Å². The maximum Gasteiger partial charge on any atom is 0.136 e. The topological polar surface area (TPSA) is 35.2 Å². The molecule has 0 radical (unpaired) electrons. The van der Waals surface area contributed by atoms with Gasteiger partial charge in [0.1, 0.15) is 29.3 Å². The number of hydrogen-bond acceptors (Lipinski definition) is 2. The quantitative estimate of drug-likeness (QED) is 0.923. The Balaban J connectivity index is 2.23. The number of nitrogens with two attached hydrogens (primary N) is 1. The number of halogens is 3. The summed E-state index contributed by atoms with van der Waals surface area (Å²) in [5.41, 5.74) is 6.05. The van der Waals surface area contributed by atoms with Crippen molar-refractivity contribution in [3.8, 4) is 5.75 Å². The van der Waals surface area contributed by atoms with Crippen LogP contribution < -0.4 is 10.5 Å². The molecule has 100 valence electrons. The van der Waals surface area contributed by atoms with Crippen molar-refractivity contribution < 1.29 is 17.9 Å². The highest BCUT2D eigenvalue weighted by atomic mass is 19.1. The van der Waals surface area contributed by atoms with Gasteiger partial charge in [0.2, 0.25) is 0 Å². The zero-order valence-corrected chi connectivity index (χ0v) is 9.95. The van der Waals surface area contributed by atoms with Crippen LogP contribution in [0.5, 0.6) is 5.75 Å². The van der Waals surface area contributed by atoms with Crippen LogP contribution in [0.25, 0.3) is 0 Å². The zero-order chi connectivity index (χ0) is 13.8. The van der Waals surface area contributed by atoms with Crippen LogP contribution in [0.15, 0.2) is 42.5 Å². The first-order valence-electron chi connectivity index (χ1n) is 5.67. The molecule has 0 saturated carbocycles. The Morgan fingerprint density at radius 3 is 2.21 bits per heavy atom. The fourth-order valence-electron chi connectivity index (χ4n) is 1.72. The Kier molecular flexibility index (Phi) is 4.06. The summed E-state index contributed by atoms with van der Waals surface area (Å²) in [5.74, 6) is -1.91. The largest absolute Gasteiger partial charge is 0.484 e. The second-order valence-electron chi connectivity index (χ2n) is 4.00. The second-order valence-corrected chi connectivity index (χ2v) is 4.00. The summed E-state index contributed by atoms with van der Waals surface area (Å²) in [6.45, 7) is 0.0571. The van der Waals surface area contributed by atoms with Crippen LogP contribution in [0, 0.1) is 17.5 Å². The average Bonchev–Trinajstić information content (AvgIpc) is 2.34. The third-order valence-electron chi connectivity index (χ3n) is 2.55. The van der Waals surface area contributed by atoms with E-state index in [9.17, 15) is 13.2 Å². The average molecular weight is 267 g/mol. The standard InChI is InChI=1S/C14H12F3NO/c15-10-3-1-2-9(4-10)14(8-18)19-13-6-11(16)5-12(17)7-13/h1-7,14H,8,18H2. The molecule has 0 heterocycles. The minimum Gasteiger partial charge on any atom is -0.484 e. The normalized spacial score (nSPS) is 12.2. The van der Waals surface area contributed by atoms with E-state index in [1.807, 2.05) is 0 Å². The fraction of sp³-hybridized carbons (Fsp3) is 0.143. The first kappa shape index (κ1) is 13.4. The van der Waals surface area contributed by atoms with Crippen molar-refractivity contribution in [3.05, 3.63) is 65.5 Å². The molecular formula is C14H12F3NO. The molecule has 1 atom stereocenters. The molecule has 2 nitrogen and oxygen atoms in total. The van der Waals surface area contributed by atoms with Crippen LogP contribution in [0.3, 0.4) is 0 Å². The van der Waals surface area contributed by atoms with Gasteiger partial charge in [0.15, 0.2) is 0 Å². The molecule has 0 fully saturated rings. The predicted octanol–water partition coefficient (Wildman–Crippen LogP) is 3.18. The van der Waals surface area contributed by atoms with Crippen molar-refractivity contribution in [2.75, 3.05) is 6.54 Å². The number of hydrogen-bond donors (Lipinski definition) is 1. The van der Waals surface area contributed by atoms with E-state index in [0.29, 0.717) is 5.56 Å². The molecule has 2 aromatic carbocycles. The molecule has 0 aliphatic carbocycles. The van der Waals surface area contributed by atoms with Gasteiger partial charge >= 0.3 is 0 Å². The number of ether oxygens (including phenoxy) is 1. The van der Waals surface area contributed by atoms with E-state index < -0.39 is 23.6 Å². The molecule has 0 amide bonds. The lowest BCUT2D eigenvalue weighted by Gasteiger charge is -2.18. The van der Waals surface area contributed by atoms with Gasteiger partial charge in [-0.15, -0.1) is 0 Å². The van der Waals surface area contributed by atoms with E-state index in [4.69, 9.17) is 10.5 Å². The summed E-state index contributed by atoms with van der Waals surface area (Å²) in [4.78, 5) is 0. The Morgan fingerprint density at radius 1 is 0.947 bits per heavy atom. The lowest BCUT2D eigenvalue weighted by atomic mass is 10.1. The van der Waals surface area contributed by atoms with Crippen molar-refractivity contribution in [1.82, 2.24) is 0 Å². The van der Waals surface area contributed by atoms with Gasteiger partial charge in [-0.2, -0.15) is 0 Å². The maximum atomic E-state index is 13.1. The summed E-state index contributed by atoms with van der Waals surface area (Å²) in [6, 6.07) is 8.55. The third kappa shape index (κ3) is 3.48. The summed E-state index contributed by atoms with van der Waals surface area (Å²) in [7, 11) is 0. The molecule has 0 aliphatic rings. The Bertz CT molecular complexity index is 554. The van der Waals surface area contributed by atoms with Crippen LogP contribution in [0.1, 0.15) is 11.7 Å². The smallest absolute Gasteiger partial charge is 0.136 e. The highest BCUT2D eigenvalue weighted by Gasteiger charge is 2.13. The molecule has 2 aromatic rings. The summed E-state index contributed by atoms with van der Waals surface area (Å²) < 4.78 is 44.6. The van der Waals surface area contributed by atoms with Crippen LogP contribution in [0.4, 0.5) is 13.2 Å². The molecule has 0 aliphatic heterocycles.